The van der Waals surface area contributed by atoms with Crippen LogP contribution in [0, 0.1) is 5.92 Å². The number of piperidine rings is 1. The molecule has 0 aromatic heterocycles. The third-order valence-corrected chi connectivity index (χ3v) is 5.41. The maximum Gasteiger partial charge on any atom is 0.119 e. The molecule has 2 fully saturated rings. The number of nitrogens with one attached hydrogen (secondary N) is 1. The Morgan fingerprint density at radius 3 is 2.67 bits per heavy atom. The van der Waals surface area contributed by atoms with E-state index >= 15 is 0 Å². The van der Waals surface area contributed by atoms with Crippen LogP contribution in [0.5, 0.6) is 5.75 Å². The fraction of sp³-hybridized carbons (Fsp3) is 0.647. The molecule has 0 unspecified atom stereocenters. The Morgan fingerprint density at radius 2 is 2.00 bits per heavy atom. The fourth-order valence-corrected chi connectivity index (χ4v) is 3.57. The minimum absolute atomic E-state index is 0.804. The Hall–Kier alpha value is -0.580. The Bertz CT molecular complexity index is 470. The molecule has 1 aromatic carbocycles. The highest BCUT2D eigenvalue weighted by Gasteiger charge is 2.31. The number of nitrogens with zero attached hydrogens (tertiary/aromatic N) is 1. The van der Waals surface area contributed by atoms with Crippen molar-refractivity contribution in [3.05, 3.63) is 28.2 Å². The van der Waals surface area contributed by atoms with Gasteiger partial charge in [-0.2, -0.15) is 0 Å². The molecule has 21 heavy (non-hydrogen) atoms. The lowest BCUT2D eigenvalue weighted by molar-refractivity contribution is 0.190. The summed E-state index contributed by atoms with van der Waals surface area (Å²) in [6, 6.07) is 7.09. The van der Waals surface area contributed by atoms with Crippen molar-refractivity contribution in [2.24, 2.45) is 5.92 Å². The molecule has 0 radical (unpaired) electrons. The Kier molecular flexibility index (Phi) is 5.19. The molecule has 116 valence electrons. The molecule has 1 aromatic rings. The van der Waals surface area contributed by atoms with Gasteiger partial charge in [0.1, 0.15) is 5.75 Å². The summed E-state index contributed by atoms with van der Waals surface area (Å²) in [6.45, 7) is 4.65. The first kappa shape index (κ1) is 15.3. The van der Waals surface area contributed by atoms with E-state index in [2.05, 4.69) is 38.3 Å². The molecule has 0 bridgehead atoms. The van der Waals surface area contributed by atoms with Crippen molar-refractivity contribution >= 4 is 15.9 Å². The number of ether oxygens (including phenoxy) is 1. The number of methoxy groups -OCH3 is 1. The molecular weight excluding hydrogens is 328 g/mol. The molecule has 3 nitrogen and oxygen atoms in total. The van der Waals surface area contributed by atoms with Gasteiger partial charge in [0.15, 0.2) is 0 Å². The van der Waals surface area contributed by atoms with Crippen molar-refractivity contribution < 1.29 is 4.74 Å². The van der Waals surface area contributed by atoms with E-state index in [1.54, 1.807) is 7.11 Å². The summed E-state index contributed by atoms with van der Waals surface area (Å²) < 4.78 is 6.56. The van der Waals surface area contributed by atoms with Gasteiger partial charge in [-0.1, -0.05) is 15.9 Å². The van der Waals surface area contributed by atoms with Gasteiger partial charge < -0.3 is 10.1 Å². The van der Waals surface area contributed by atoms with Crippen LogP contribution in [0.15, 0.2) is 22.7 Å². The zero-order chi connectivity index (χ0) is 14.7. The smallest absolute Gasteiger partial charge is 0.119 e. The van der Waals surface area contributed by atoms with Gasteiger partial charge in [0, 0.05) is 23.6 Å². The van der Waals surface area contributed by atoms with E-state index in [0.29, 0.717) is 0 Å². The van der Waals surface area contributed by atoms with Gasteiger partial charge in [0.25, 0.3) is 0 Å². The lowest BCUT2D eigenvalue weighted by Gasteiger charge is -2.30. The monoisotopic (exact) mass is 352 g/mol. The molecule has 1 aliphatic carbocycles. The van der Waals surface area contributed by atoms with Crippen LogP contribution in [0.1, 0.15) is 31.2 Å². The zero-order valence-electron chi connectivity index (χ0n) is 12.8. The lowest BCUT2D eigenvalue weighted by atomic mass is 9.97. The molecule has 4 heteroatoms. The lowest BCUT2D eigenvalue weighted by Crippen LogP contribution is -2.37. The van der Waals surface area contributed by atoms with Crippen molar-refractivity contribution in [1.29, 1.82) is 0 Å². The van der Waals surface area contributed by atoms with Crippen LogP contribution in [-0.2, 0) is 6.54 Å². The van der Waals surface area contributed by atoms with Crippen LogP contribution in [0.3, 0.4) is 0 Å². The number of benzene rings is 1. The summed E-state index contributed by atoms with van der Waals surface area (Å²) in [5.74, 6) is 1.81. The zero-order valence-corrected chi connectivity index (χ0v) is 14.4. The molecule has 1 heterocycles. The SMILES string of the molecule is COc1ccc(Br)c(CN(CC2CCNCC2)C2CC2)c1. The van der Waals surface area contributed by atoms with Crippen LogP contribution in [-0.4, -0.2) is 37.7 Å². The Balaban J connectivity index is 1.67. The third kappa shape index (κ3) is 4.21. The van der Waals surface area contributed by atoms with Crippen molar-refractivity contribution in [1.82, 2.24) is 10.2 Å². The maximum absolute atomic E-state index is 5.37. The summed E-state index contributed by atoms with van der Waals surface area (Å²) in [6.07, 6.45) is 5.38. The normalized spacial score (nSPS) is 20.0. The predicted octanol–water partition coefficient (Wildman–Crippen LogP) is 3.42. The fourth-order valence-electron chi connectivity index (χ4n) is 3.20. The number of hydrogen-bond donors (Lipinski definition) is 1. The summed E-state index contributed by atoms with van der Waals surface area (Å²) in [4.78, 5) is 2.69. The summed E-state index contributed by atoms with van der Waals surface area (Å²) in [5.41, 5.74) is 1.34. The molecule has 3 rings (SSSR count). The highest BCUT2D eigenvalue weighted by Crippen LogP contribution is 2.32. The molecule has 1 aliphatic heterocycles. The van der Waals surface area contributed by atoms with E-state index in [9.17, 15) is 0 Å². The second kappa shape index (κ2) is 7.12. The minimum Gasteiger partial charge on any atom is -0.497 e. The summed E-state index contributed by atoms with van der Waals surface area (Å²) in [7, 11) is 1.74. The van der Waals surface area contributed by atoms with Crippen molar-refractivity contribution in [3.8, 4) is 5.75 Å². The average molecular weight is 353 g/mol. The first-order chi connectivity index (χ1) is 10.3. The molecule has 2 aliphatic rings. The number of hydrogen-bond acceptors (Lipinski definition) is 3. The van der Waals surface area contributed by atoms with Gasteiger partial charge in [-0.3, -0.25) is 4.90 Å². The van der Waals surface area contributed by atoms with Gasteiger partial charge in [0.2, 0.25) is 0 Å². The number of halogens is 1. The first-order valence-corrected chi connectivity index (χ1v) is 8.82. The van der Waals surface area contributed by atoms with Gasteiger partial charge >= 0.3 is 0 Å². The molecule has 0 atom stereocenters. The van der Waals surface area contributed by atoms with Crippen LogP contribution >= 0.6 is 15.9 Å². The highest BCUT2D eigenvalue weighted by atomic mass is 79.9. The molecular formula is C17H25BrN2O. The van der Waals surface area contributed by atoms with Crippen LogP contribution in [0.2, 0.25) is 0 Å². The van der Waals surface area contributed by atoms with Gasteiger partial charge in [-0.15, -0.1) is 0 Å². The Morgan fingerprint density at radius 1 is 1.24 bits per heavy atom. The van der Waals surface area contributed by atoms with E-state index in [0.717, 1.165) is 24.3 Å². The van der Waals surface area contributed by atoms with Crippen LogP contribution in [0.25, 0.3) is 0 Å². The van der Waals surface area contributed by atoms with Crippen molar-refractivity contribution in [2.75, 3.05) is 26.7 Å². The minimum atomic E-state index is 0.804. The summed E-state index contributed by atoms with van der Waals surface area (Å²) in [5, 5.41) is 3.46. The predicted molar refractivity (Wildman–Crippen MR) is 89.7 cm³/mol. The van der Waals surface area contributed by atoms with Gasteiger partial charge in [-0.25, -0.2) is 0 Å². The van der Waals surface area contributed by atoms with Crippen LogP contribution in [0.4, 0.5) is 0 Å². The van der Waals surface area contributed by atoms with Crippen LogP contribution < -0.4 is 10.1 Å². The average Bonchev–Trinajstić information content (AvgIpc) is 3.34. The summed E-state index contributed by atoms with van der Waals surface area (Å²) >= 11 is 3.69. The van der Waals surface area contributed by atoms with E-state index in [1.165, 1.54) is 55.4 Å². The highest BCUT2D eigenvalue weighted by molar-refractivity contribution is 9.10. The second-order valence-corrected chi connectivity index (χ2v) is 7.17. The van der Waals surface area contributed by atoms with E-state index in [4.69, 9.17) is 4.74 Å². The van der Waals surface area contributed by atoms with E-state index in [-0.39, 0.29) is 0 Å². The van der Waals surface area contributed by atoms with Gasteiger partial charge in [0.05, 0.1) is 7.11 Å². The standard InChI is InChI=1S/C17H25BrN2O/c1-21-16-4-5-17(18)14(10-16)12-20(15-2-3-15)11-13-6-8-19-9-7-13/h4-5,10,13,15,19H,2-3,6-9,11-12H2,1H3. The van der Waals surface area contributed by atoms with Crippen molar-refractivity contribution in [3.63, 3.8) is 0 Å². The third-order valence-electron chi connectivity index (χ3n) is 4.64. The quantitative estimate of drug-likeness (QED) is 0.848. The molecule has 1 saturated heterocycles. The Labute approximate surface area is 136 Å². The maximum atomic E-state index is 5.37. The van der Waals surface area contributed by atoms with E-state index in [1.807, 2.05) is 6.07 Å². The molecule has 1 N–H and O–H groups in total. The number of rotatable bonds is 6. The topological polar surface area (TPSA) is 24.5 Å². The largest absolute Gasteiger partial charge is 0.497 e. The molecule has 0 spiro atoms. The van der Waals surface area contributed by atoms with Gasteiger partial charge in [-0.05, 0) is 68.5 Å². The molecule has 0 amide bonds. The first-order valence-electron chi connectivity index (χ1n) is 8.03. The molecule has 1 saturated carbocycles. The second-order valence-electron chi connectivity index (χ2n) is 6.31. The van der Waals surface area contributed by atoms with E-state index < -0.39 is 0 Å². The van der Waals surface area contributed by atoms with Crippen molar-refractivity contribution in [2.45, 2.75) is 38.3 Å².